The van der Waals surface area contributed by atoms with Crippen LogP contribution >= 0.6 is 23.2 Å². The standard InChI is InChI=1S/C21H21Cl2FN4O2/c22-14-6-9-17(16(23)12-14)28-19(13-4-7-15(24)8-5-13)20(29)18(25-28)21(30)26-27-10-2-1-3-11-27/h4-9,12,18-19,25H,1-3,10-11H2,(H,26,30). The highest BCUT2D eigenvalue weighted by molar-refractivity contribution is 6.36. The lowest BCUT2D eigenvalue weighted by molar-refractivity contribution is -0.133. The summed E-state index contributed by atoms with van der Waals surface area (Å²) in [5.74, 6) is -1.18. The van der Waals surface area contributed by atoms with Gasteiger partial charge in [-0.25, -0.2) is 14.8 Å². The maximum absolute atomic E-state index is 13.4. The largest absolute Gasteiger partial charge is 0.294 e. The maximum atomic E-state index is 13.4. The normalized spacial score (nSPS) is 22.4. The number of benzene rings is 2. The first-order chi connectivity index (χ1) is 14.4. The molecule has 4 rings (SSSR count). The van der Waals surface area contributed by atoms with Gasteiger partial charge in [0, 0.05) is 18.1 Å². The minimum Gasteiger partial charge on any atom is -0.294 e. The molecule has 0 bridgehead atoms. The number of carbonyl (C=O) groups excluding carboxylic acids is 2. The summed E-state index contributed by atoms with van der Waals surface area (Å²) < 4.78 is 13.4. The van der Waals surface area contributed by atoms with Crippen molar-refractivity contribution in [1.29, 1.82) is 0 Å². The van der Waals surface area contributed by atoms with Crippen LogP contribution in [0.1, 0.15) is 30.9 Å². The first-order valence-corrected chi connectivity index (χ1v) is 10.5. The molecular formula is C21H21Cl2FN4O2. The number of hydrogen-bond acceptors (Lipinski definition) is 5. The van der Waals surface area contributed by atoms with E-state index in [2.05, 4.69) is 10.9 Å². The predicted molar refractivity (Wildman–Crippen MR) is 114 cm³/mol. The summed E-state index contributed by atoms with van der Waals surface area (Å²) in [7, 11) is 0. The molecule has 0 aliphatic carbocycles. The molecule has 2 aromatic rings. The fraction of sp³-hybridized carbons (Fsp3) is 0.333. The number of amides is 1. The molecule has 2 aromatic carbocycles. The number of carbonyl (C=O) groups is 2. The molecule has 9 heteroatoms. The Balaban J connectivity index is 1.65. The Morgan fingerprint density at radius 3 is 2.43 bits per heavy atom. The minimum atomic E-state index is -1.10. The number of ketones is 1. The molecule has 0 spiro atoms. The molecule has 0 saturated carbocycles. The van der Waals surface area contributed by atoms with Crippen LogP contribution < -0.4 is 15.9 Å². The lowest BCUT2D eigenvalue weighted by atomic mass is 9.99. The quantitative estimate of drug-likeness (QED) is 0.695. The smallest absolute Gasteiger partial charge is 0.260 e. The van der Waals surface area contributed by atoms with Gasteiger partial charge in [0.05, 0.1) is 10.7 Å². The summed E-state index contributed by atoms with van der Waals surface area (Å²) in [6.07, 6.45) is 3.12. The van der Waals surface area contributed by atoms with Crippen LogP contribution in [0.5, 0.6) is 0 Å². The molecule has 158 valence electrons. The molecule has 2 heterocycles. The van der Waals surface area contributed by atoms with E-state index in [4.69, 9.17) is 23.2 Å². The average molecular weight is 451 g/mol. The van der Waals surface area contributed by atoms with Crippen molar-refractivity contribution in [3.05, 3.63) is 63.9 Å². The van der Waals surface area contributed by atoms with Crippen LogP contribution in [0.15, 0.2) is 42.5 Å². The van der Waals surface area contributed by atoms with Crippen LogP contribution in [0.2, 0.25) is 10.0 Å². The van der Waals surface area contributed by atoms with Gasteiger partial charge in [-0.05, 0) is 48.7 Å². The van der Waals surface area contributed by atoms with E-state index in [0.717, 1.165) is 32.4 Å². The lowest BCUT2D eigenvalue weighted by Crippen LogP contribution is -2.53. The van der Waals surface area contributed by atoms with Gasteiger partial charge in [0.1, 0.15) is 11.9 Å². The first-order valence-electron chi connectivity index (χ1n) is 9.79. The topological polar surface area (TPSA) is 64.7 Å². The number of nitrogens with zero attached hydrogens (tertiary/aromatic N) is 2. The zero-order valence-corrected chi connectivity index (χ0v) is 17.6. The molecule has 2 aliphatic rings. The van der Waals surface area contributed by atoms with Gasteiger partial charge in [0.15, 0.2) is 11.8 Å². The van der Waals surface area contributed by atoms with Crippen LogP contribution in [0.3, 0.4) is 0 Å². The summed E-state index contributed by atoms with van der Waals surface area (Å²) >= 11 is 12.4. The summed E-state index contributed by atoms with van der Waals surface area (Å²) in [6, 6.07) is 8.56. The van der Waals surface area contributed by atoms with Crippen molar-refractivity contribution < 1.29 is 14.0 Å². The molecule has 2 N–H and O–H groups in total. The van der Waals surface area contributed by atoms with E-state index in [9.17, 15) is 14.0 Å². The highest BCUT2D eigenvalue weighted by Crippen LogP contribution is 2.37. The van der Waals surface area contributed by atoms with E-state index in [1.54, 1.807) is 23.2 Å². The van der Waals surface area contributed by atoms with Crippen LogP contribution in [0.4, 0.5) is 10.1 Å². The van der Waals surface area contributed by atoms with Crippen molar-refractivity contribution in [3.63, 3.8) is 0 Å². The van der Waals surface area contributed by atoms with Crippen molar-refractivity contribution in [1.82, 2.24) is 15.9 Å². The molecule has 2 fully saturated rings. The molecule has 0 radical (unpaired) electrons. The van der Waals surface area contributed by atoms with Gasteiger partial charge < -0.3 is 0 Å². The molecule has 2 unspecified atom stereocenters. The fourth-order valence-electron chi connectivity index (χ4n) is 3.82. The number of Topliss-reactive ketones (excluding diaryl/α,β-unsaturated/α-hetero) is 1. The van der Waals surface area contributed by atoms with Gasteiger partial charge in [-0.2, -0.15) is 0 Å². The van der Waals surface area contributed by atoms with E-state index in [1.165, 1.54) is 24.3 Å². The van der Waals surface area contributed by atoms with Gasteiger partial charge in [0.2, 0.25) is 0 Å². The molecule has 30 heavy (non-hydrogen) atoms. The third kappa shape index (κ3) is 4.30. The Bertz CT molecular complexity index is 951. The summed E-state index contributed by atoms with van der Waals surface area (Å²) in [5, 5.41) is 4.17. The van der Waals surface area contributed by atoms with Gasteiger partial charge >= 0.3 is 0 Å². The van der Waals surface area contributed by atoms with Crippen LogP contribution in [-0.4, -0.2) is 35.8 Å². The maximum Gasteiger partial charge on any atom is 0.260 e. The average Bonchev–Trinajstić information content (AvgIpc) is 3.06. The molecule has 2 atom stereocenters. The minimum absolute atomic E-state index is 0.326. The van der Waals surface area contributed by atoms with Gasteiger partial charge in [-0.15, -0.1) is 0 Å². The fourth-order valence-corrected chi connectivity index (χ4v) is 4.32. The number of rotatable bonds is 4. The molecule has 2 aliphatic heterocycles. The third-order valence-electron chi connectivity index (χ3n) is 5.32. The predicted octanol–water partition coefficient (Wildman–Crippen LogP) is 3.65. The van der Waals surface area contributed by atoms with E-state index >= 15 is 0 Å². The number of piperidine rings is 1. The first kappa shape index (κ1) is 21.1. The monoisotopic (exact) mass is 450 g/mol. The van der Waals surface area contributed by atoms with Crippen molar-refractivity contribution in [3.8, 4) is 0 Å². The van der Waals surface area contributed by atoms with E-state index in [1.807, 2.05) is 5.01 Å². The van der Waals surface area contributed by atoms with Crippen LogP contribution in [0.25, 0.3) is 0 Å². The van der Waals surface area contributed by atoms with Gasteiger partial charge in [0.25, 0.3) is 5.91 Å². The number of hydrogen-bond donors (Lipinski definition) is 2. The molecule has 1 amide bonds. The summed E-state index contributed by atoms with van der Waals surface area (Å²) in [4.78, 5) is 26.2. The lowest BCUT2D eigenvalue weighted by Gasteiger charge is -2.28. The van der Waals surface area contributed by atoms with Gasteiger partial charge in [-0.3, -0.25) is 20.0 Å². The molecular weight excluding hydrogens is 430 g/mol. The second kappa shape index (κ2) is 8.89. The van der Waals surface area contributed by atoms with E-state index in [-0.39, 0.29) is 5.78 Å². The highest BCUT2D eigenvalue weighted by Gasteiger charge is 2.46. The van der Waals surface area contributed by atoms with E-state index < -0.39 is 23.8 Å². The van der Waals surface area contributed by atoms with Crippen molar-refractivity contribution >= 4 is 40.6 Å². The number of anilines is 1. The number of hydrazine groups is 2. The second-order valence-electron chi connectivity index (χ2n) is 7.41. The molecule has 6 nitrogen and oxygen atoms in total. The van der Waals surface area contributed by atoms with Crippen molar-refractivity contribution in [2.24, 2.45) is 0 Å². The Morgan fingerprint density at radius 1 is 1.07 bits per heavy atom. The highest BCUT2D eigenvalue weighted by atomic mass is 35.5. The Morgan fingerprint density at radius 2 is 1.77 bits per heavy atom. The van der Waals surface area contributed by atoms with Gasteiger partial charge in [-0.1, -0.05) is 41.8 Å². The Hall–Kier alpha value is -2.19. The zero-order valence-electron chi connectivity index (χ0n) is 16.1. The zero-order chi connectivity index (χ0) is 21.3. The van der Waals surface area contributed by atoms with Crippen molar-refractivity contribution in [2.45, 2.75) is 31.3 Å². The van der Waals surface area contributed by atoms with Crippen LogP contribution in [-0.2, 0) is 9.59 Å². The van der Waals surface area contributed by atoms with Crippen molar-refractivity contribution in [2.75, 3.05) is 18.1 Å². The molecule has 2 saturated heterocycles. The second-order valence-corrected chi connectivity index (χ2v) is 8.25. The third-order valence-corrected chi connectivity index (χ3v) is 5.86. The molecule has 0 aromatic heterocycles. The Labute approximate surface area is 183 Å². The summed E-state index contributed by atoms with van der Waals surface area (Å²) in [5.41, 5.74) is 6.88. The van der Waals surface area contributed by atoms with E-state index in [0.29, 0.717) is 21.3 Å². The number of halogens is 3. The Kier molecular flexibility index (Phi) is 6.24. The SMILES string of the molecule is O=C(NN1CCCCC1)C1NN(c2ccc(Cl)cc2Cl)C(c2ccc(F)cc2)C1=O. The van der Waals surface area contributed by atoms with Crippen LogP contribution in [0, 0.1) is 5.82 Å². The number of nitrogens with one attached hydrogen (secondary N) is 2. The summed E-state index contributed by atoms with van der Waals surface area (Å²) in [6.45, 7) is 1.50.